The van der Waals surface area contributed by atoms with Crippen LogP contribution < -0.4 is 0 Å². The molecule has 15 heavy (non-hydrogen) atoms. The van der Waals surface area contributed by atoms with Crippen LogP contribution in [0.1, 0.15) is 32.6 Å². The van der Waals surface area contributed by atoms with Crippen molar-refractivity contribution in [1.29, 1.82) is 0 Å². The fourth-order valence-electron chi connectivity index (χ4n) is 2.16. The van der Waals surface area contributed by atoms with Gasteiger partial charge in [0.15, 0.2) is 0 Å². The Morgan fingerprint density at radius 3 is 2.93 bits per heavy atom. The van der Waals surface area contributed by atoms with Gasteiger partial charge in [-0.05, 0) is 31.8 Å². The normalized spacial score (nSPS) is 20.7. The molecule has 0 aliphatic carbocycles. The maximum atomic E-state index is 5.77. The molecule has 1 saturated heterocycles. The van der Waals surface area contributed by atoms with Gasteiger partial charge in [0.25, 0.3) is 0 Å². The molecule has 4 heteroatoms. The van der Waals surface area contributed by atoms with Gasteiger partial charge in [0.05, 0.1) is 0 Å². The number of hydrogen-bond acceptors (Lipinski definition) is 2. The zero-order valence-corrected chi connectivity index (χ0v) is 10.7. The number of allylic oxidation sites excluding steroid dienone is 1. The summed E-state index contributed by atoms with van der Waals surface area (Å²) in [6, 6.07) is 0. The maximum Gasteiger partial charge on any atom is 0.105 e. The Labute approximate surface area is 103 Å². The van der Waals surface area contributed by atoms with Gasteiger partial charge in [0.2, 0.25) is 0 Å². The lowest BCUT2D eigenvalue weighted by molar-refractivity contribution is 0.384. The van der Waals surface area contributed by atoms with E-state index in [1.165, 1.54) is 36.5 Å². The lowest BCUT2D eigenvalue weighted by atomic mass is 10.0. The Hall–Kier alpha value is -0.210. The highest BCUT2D eigenvalue weighted by Crippen LogP contribution is 2.23. The van der Waals surface area contributed by atoms with Crippen LogP contribution in [0.25, 0.3) is 0 Å². The second kappa shape index (κ2) is 5.76. The minimum absolute atomic E-state index is 0. The van der Waals surface area contributed by atoms with E-state index in [2.05, 4.69) is 16.8 Å². The Kier molecular flexibility index (Phi) is 4.94. The number of aliphatic imine (C=N–C) groups is 1. The van der Waals surface area contributed by atoms with Crippen LogP contribution in [0.2, 0.25) is 0 Å². The molecule has 0 saturated carbocycles. The third-order valence-corrected chi connectivity index (χ3v) is 3.22. The SMILES string of the molecule is CC1=C(CCCl)CN2CCCCC2=N1.Cl. The summed E-state index contributed by atoms with van der Waals surface area (Å²) >= 11 is 5.77. The van der Waals surface area contributed by atoms with Crippen LogP contribution in [-0.2, 0) is 0 Å². The highest BCUT2D eigenvalue weighted by atomic mass is 35.5. The molecule has 0 amide bonds. The predicted octanol–water partition coefficient (Wildman–Crippen LogP) is 3.21. The second-order valence-electron chi connectivity index (χ2n) is 4.03. The number of rotatable bonds is 2. The third kappa shape index (κ3) is 2.88. The summed E-state index contributed by atoms with van der Waals surface area (Å²) in [5.41, 5.74) is 2.63. The van der Waals surface area contributed by atoms with Crippen molar-refractivity contribution in [3.8, 4) is 0 Å². The van der Waals surface area contributed by atoms with Crippen LogP contribution in [0.5, 0.6) is 0 Å². The van der Waals surface area contributed by atoms with Crippen LogP contribution in [-0.4, -0.2) is 29.7 Å². The number of piperidine rings is 1. The molecule has 0 aromatic rings. The van der Waals surface area contributed by atoms with Crippen LogP contribution in [0.4, 0.5) is 0 Å². The zero-order chi connectivity index (χ0) is 9.97. The van der Waals surface area contributed by atoms with E-state index < -0.39 is 0 Å². The molecule has 2 aliphatic heterocycles. The number of alkyl halides is 1. The highest BCUT2D eigenvalue weighted by molar-refractivity contribution is 6.18. The van der Waals surface area contributed by atoms with Gasteiger partial charge in [0.1, 0.15) is 5.84 Å². The minimum Gasteiger partial charge on any atom is -0.356 e. The van der Waals surface area contributed by atoms with E-state index in [-0.39, 0.29) is 12.4 Å². The fraction of sp³-hybridized carbons (Fsp3) is 0.727. The molecule has 0 spiro atoms. The standard InChI is InChI=1S/C11H17ClN2.ClH/c1-9-10(5-6-12)8-14-7-3-2-4-11(14)13-9;/h2-8H2,1H3;1H. The van der Waals surface area contributed by atoms with Crippen LogP contribution in [0.3, 0.4) is 0 Å². The van der Waals surface area contributed by atoms with Crippen molar-refractivity contribution >= 4 is 29.8 Å². The van der Waals surface area contributed by atoms with Gasteiger partial charge in [0, 0.05) is 31.1 Å². The Morgan fingerprint density at radius 2 is 2.20 bits per heavy atom. The van der Waals surface area contributed by atoms with Crippen molar-refractivity contribution in [2.75, 3.05) is 19.0 Å². The topological polar surface area (TPSA) is 15.6 Å². The highest BCUT2D eigenvalue weighted by Gasteiger charge is 2.21. The molecule has 86 valence electrons. The van der Waals surface area contributed by atoms with Crippen molar-refractivity contribution in [1.82, 2.24) is 4.90 Å². The van der Waals surface area contributed by atoms with Crippen LogP contribution in [0.15, 0.2) is 16.3 Å². The van der Waals surface area contributed by atoms with Gasteiger partial charge >= 0.3 is 0 Å². The summed E-state index contributed by atoms with van der Waals surface area (Å²) < 4.78 is 0. The molecule has 2 aliphatic rings. The molecule has 0 bridgehead atoms. The number of nitrogens with zero attached hydrogens (tertiary/aromatic N) is 2. The first-order valence-corrected chi connectivity index (χ1v) is 5.92. The van der Waals surface area contributed by atoms with Gasteiger partial charge in [-0.25, -0.2) is 4.99 Å². The zero-order valence-electron chi connectivity index (χ0n) is 9.13. The molecule has 0 atom stereocenters. The van der Waals surface area contributed by atoms with E-state index in [1.807, 2.05) is 0 Å². The summed E-state index contributed by atoms with van der Waals surface area (Å²) in [5, 5.41) is 0. The summed E-state index contributed by atoms with van der Waals surface area (Å²) in [6.07, 6.45) is 4.76. The molecule has 0 aromatic carbocycles. The van der Waals surface area contributed by atoms with Crippen molar-refractivity contribution < 1.29 is 0 Å². The molecule has 0 aromatic heterocycles. The minimum atomic E-state index is 0. The predicted molar refractivity (Wildman–Crippen MR) is 68.1 cm³/mol. The molecule has 2 rings (SSSR count). The Bertz CT molecular complexity index is 284. The number of amidine groups is 1. The molecule has 2 nitrogen and oxygen atoms in total. The number of halogens is 2. The van der Waals surface area contributed by atoms with E-state index in [1.54, 1.807) is 0 Å². The van der Waals surface area contributed by atoms with E-state index in [0.29, 0.717) is 5.88 Å². The molecule has 2 heterocycles. The molecule has 0 radical (unpaired) electrons. The van der Waals surface area contributed by atoms with Crippen molar-refractivity contribution in [2.24, 2.45) is 4.99 Å². The van der Waals surface area contributed by atoms with Crippen LogP contribution >= 0.6 is 24.0 Å². The van der Waals surface area contributed by atoms with Crippen molar-refractivity contribution in [2.45, 2.75) is 32.6 Å². The van der Waals surface area contributed by atoms with Crippen molar-refractivity contribution in [3.63, 3.8) is 0 Å². The molecular weight excluding hydrogens is 231 g/mol. The molecule has 0 unspecified atom stereocenters. The van der Waals surface area contributed by atoms with Gasteiger partial charge in [-0.1, -0.05) is 0 Å². The summed E-state index contributed by atoms with van der Waals surface area (Å²) in [6.45, 7) is 4.36. The van der Waals surface area contributed by atoms with E-state index >= 15 is 0 Å². The van der Waals surface area contributed by atoms with Gasteiger partial charge in [-0.15, -0.1) is 24.0 Å². The van der Waals surface area contributed by atoms with E-state index in [4.69, 9.17) is 11.6 Å². The first kappa shape index (κ1) is 12.9. The lowest BCUT2D eigenvalue weighted by Crippen LogP contribution is -2.39. The monoisotopic (exact) mass is 248 g/mol. The summed E-state index contributed by atoms with van der Waals surface area (Å²) in [5.74, 6) is 2.01. The first-order valence-electron chi connectivity index (χ1n) is 5.38. The number of hydrogen-bond donors (Lipinski definition) is 0. The molecular formula is C11H18Cl2N2. The van der Waals surface area contributed by atoms with Crippen LogP contribution in [0, 0.1) is 0 Å². The van der Waals surface area contributed by atoms with E-state index in [9.17, 15) is 0 Å². The second-order valence-corrected chi connectivity index (χ2v) is 4.41. The van der Waals surface area contributed by atoms with Gasteiger partial charge < -0.3 is 4.90 Å². The third-order valence-electron chi connectivity index (χ3n) is 3.03. The maximum absolute atomic E-state index is 5.77. The average molecular weight is 249 g/mol. The first-order chi connectivity index (χ1) is 6.81. The molecule has 1 fully saturated rings. The Morgan fingerprint density at radius 1 is 1.40 bits per heavy atom. The van der Waals surface area contributed by atoms with E-state index in [0.717, 1.165) is 19.4 Å². The smallest absolute Gasteiger partial charge is 0.105 e. The summed E-state index contributed by atoms with van der Waals surface area (Å²) in [7, 11) is 0. The summed E-state index contributed by atoms with van der Waals surface area (Å²) in [4.78, 5) is 7.08. The van der Waals surface area contributed by atoms with Gasteiger partial charge in [-0.3, -0.25) is 0 Å². The average Bonchev–Trinajstić information content (AvgIpc) is 2.19. The quantitative estimate of drug-likeness (QED) is 0.686. The Balaban J connectivity index is 0.00000112. The lowest BCUT2D eigenvalue weighted by Gasteiger charge is -2.34. The largest absolute Gasteiger partial charge is 0.356 e. The van der Waals surface area contributed by atoms with Gasteiger partial charge in [-0.2, -0.15) is 0 Å². The number of fused-ring (bicyclic) bond motifs is 1. The fourth-order valence-corrected chi connectivity index (χ4v) is 2.39. The van der Waals surface area contributed by atoms with Crippen molar-refractivity contribution in [3.05, 3.63) is 11.3 Å². The molecule has 0 N–H and O–H groups in total.